The lowest BCUT2D eigenvalue weighted by molar-refractivity contribution is 0.228. The highest BCUT2D eigenvalue weighted by molar-refractivity contribution is 5.28. The van der Waals surface area contributed by atoms with Gasteiger partial charge in [-0.2, -0.15) is 0 Å². The molecule has 1 aromatic carbocycles. The van der Waals surface area contributed by atoms with Gasteiger partial charge in [0.25, 0.3) is 0 Å². The fourth-order valence-corrected chi connectivity index (χ4v) is 3.14. The summed E-state index contributed by atoms with van der Waals surface area (Å²) in [7, 11) is 1.71. The van der Waals surface area contributed by atoms with E-state index < -0.39 is 0 Å². The molecule has 0 radical (unpaired) electrons. The van der Waals surface area contributed by atoms with Crippen molar-refractivity contribution in [1.29, 1.82) is 0 Å². The molecule has 2 rings (SSSR count). The lowest BCUT2D eigenvalue weighted by Crippen LogP contribution is -2.34. The summed E-state index contributed by atoms with van der Waals surface area (Å²) in [5.41, 5.74) is 1.33. The van der Waals surface area contributed by atoms with Crippen LogP contribution in [0.15, 0.2) is 24.3 Å². The number of ether oxygens (including phenoxy) is 1. The average Bonchev–Trinajstić information content (AvgIpc) is 2.73. The molecule has 1 aliphatic heterocycles. The molecule has 2 atom stereocenters. The summed E-state index contributed by atoms with van der Waals surface area (Å²) in [4.78, 5) is 2.60. The number of nitrogens with one attached hydrogen (secondary N) is 1. The minimum Gasteiger partial charge on any atom is -0.497 e. The zero-order valence-corrected chi connectivity index (χ0v) is 13.9. The van der Waals surface area contributed by atoms with Gasteiger partial charge in [0, 0.05) is 18.1 Å². The molecule has 0 aromatic heterocycles. The van der Waals surface area contributed by atoms with Crippen molar-refractivity contribution in [3.63, 3.8) is 0 Å². The molecule has 1 aliphatic rings. The van der Waals surface area contributed by atoms with Gasteiger partial charge in [0.05, 0.1) is 7.11 Å². The van der Waals surface area contributed by atoms with Crippen molar-refractivity contribution < 1.29 is 4.74 Å². The Hall–Kier alpha value is -1.06. The lowest BCUT2D eigenvalue weighted by Gasteiger charge is -2.25. The van der Waals surface area contributed by atoms with Gasteiger partial charge < -0.3 is 15.0 Å². The Morgan fingerprint density at radius 2 is 1.81 bits per heavy atom. The number of hydrogen-bond donors (Lipinski definition) is 1. The van der Waals surface area contributed by atoms with Crippen LogP contribution in [0.4, 0.5) is 0 Å². The van der Waals surface area contributed by atoms with Crippen molar-refractivity contribution in [2.24, 2.45) is 0 Å². The normalized spacial score (nSPS) is 22.0. The molecule has 0 amide bonds. The third kappa shape index (κ3) is 4.72. The van der Waals surface area contributed by atoms with Crippen molar-refractivity contribution in [2.45, 2.75) is 58.2 Å². The Kier molecular flexibility index (Phi) is 6.07. The molecular formula is C18H30N2O. The van der Waals surface area contributed by atoms with Crippen molar-refractivity contribution in [2.75, 3.05) is 20.2 Å². The molecular weight excluding hydrogens is 260 g/mol. The molecule has 0 spiro atoms. The standard InChI is InChI=1S/C18H30N2O/c1-14(2)20-12-5-6-17(11-13-20)19-15(3)16-7-9-18(21-4)10-8-16/h7-10,14-15,17,19H,5-6,11-13H2,1-4H3. The molecule has 21 heavy (non-hydrogen) atoms. The van der Waals surface area contributed by atoms with E-state index in [9.17, 15) is 0 Å². The summed E-state index contributed by atoms with van der Waals surface area (Å²) >= 11 is 0. The fraction of sp³-hybridized carbons (Fsp3) is 0.667. The van der Waals surface area contributed by atoms with Gasteiger partial charge in [-0.15, -0.1) is 0 Å². The number of nitrogens with zero attached hydrogens (tertiary/aromatic N) is 1. The van der Waals surface area contributed by atoms with Crippen LogP contribution in [-0.2, 0) is 0 Å². The highest BCUT2D eigenvalue weighted by Crippen LogP contribution is 2.20. The molecule has 0 aliphatic carbocycles. The van der Waals surface area contributed by atoms with Crippen LogP contribution in [0.1, 0.15) is 51.6 Å². The number of hydrogen-bond acceptors (Lipinski definition) is 3. The van der Waals surface area contributed by atoms with E-state index in [1.165, 1.54) is 37.9 Å². The predicted octanol–water partition coefficient (Wildman–Crippen LogP) is 3.61. The summed E-state index contributed by atoms with van der Waals surface area (Å²) in [6, 6.07) is 10.1. The molecule has 118 valence electrons. The maximum atomic E-state index is 5.22. The maximum Gasteiger partial charge on any atom is 0.118 e. The van der Waals surface area contributed by atoms with Crippen molar-refractivity contribution >= 4 is 0 Å². The number of methoxy groups -OCH3 is 1. The van der Waals surface area contributed by atoms with E-state index in [-0.39, 0.29) is 0 Å². The monoisotopic (exact) mass is 290 g/mol. The number of benzene rings is 1. The van der Waals surface area contributed by atoms with E-state index in [0.29, 0.717) is 18.1 Å². The molecule has 2 unspecified atom stereocenters. The second kappa shape index (κ2) is 7.81. The topological polar surface area (TPSA) is 24.5 Å². The second-order valence-corrected chi connectivity index (χ2v) is 6.42. The summed E-state index contributed by atoms with van der Waals surface area (Å²) in [5, 5.41) is 3.80. The first-order valence-electron chi connectivity index (χ1n) is 8.24. The van der Waals surface area contributed by atoms with Gasteiger partial charge in [-0.25, -0.2) is 0 Å². The number of rotatable bonds is 5. The van der Waals surface area contributed by atoms with Crippen LogP contribution in [0.3, 0.4) is 0 Å². The van der Waals surface area contributed by atoms with Crippen LogP contribution < -0.4 is 10.1 Å². The molecule has 0 saturated carbocycles. The molecule has 1 heterocycles. The van der Waals surface area contributed by atoms with Crippen molar-refractivity contribution in [3.05, 3.63) is 29.8 Å². The molecule has 1 saturated heterocycles. The molecule has 3 heteroatoms. The van der Waals surface area contributed by atoms with Gasteiger partial charge in [0.2, 0.25) is 0 Å². The smallest absolute Gasteiger partial charge is 0.118 e. The molecule has 1 fully saturated rings. The van der Waals surface area contributed by atoms with Crippen LogP contribution in [0.5, 0.6) is 5.75 Å². The van der Waals surface area contributed by atoms with E-state index in [0.717, 1.165) is 5.75 Å². The van der Waals surface area contributed by atoms with Crippen molar-refractivity contribution in [3.8, 4) is 5.75 Å². The Balaban J connectivity index is 1.88. The Morgan fingerprint density at radius 3 is 2.43 bits per heavy atom. The highest BCUT2D eigenvalue weighted by atomic mass is 16.5. The third-order valence-corrected chi connectivity index (χ3v) is 4.59. The van der Waals surface area contributed by atoms with Crippen LogP contribution in [0, 0.1) is 0 Å². The maximum absolute atomic E-state index is 5.22. The number of likely N-dealkylation sites (tertiary alicyclic amines) is 1. The molecule has 0 bridgehead atoms. The lowest BCUT2D eigenvalue weighted by atomic mass is 10.0. The van der Waals surface area contributed by atoms with Crippen LogP contribution in [-0.4, -0.2) is 37.2 Å². The Labute approximate surface area is 129 Å². The quantitative estimate of drug-likeness (QED) is 0.896. The van der Waals surface area contributed by atoms with Gasteiger partial charge >= 0.3 is 0 Å². The van der Waals surface area contributed by atoms with Crippen molar-refractivity contribution in [1.82, 2.24) is 10.2 Å². The summed E-state index contributed by atoms with van der Waals surface area (Å²) < 4.78 is 5.22. The molecule has 1 N–H and O–H groups in total. The van der Waals surface area contributed by atoms with E-state index in [1.807, 2.05) is 12.1 Å². The first-order chi connectivity index (χ1) is 10.1. The highest BCUT2D eigenvalue weighted by Gasteiger charge is 2.20. The summed E-state index contributed by atoms with van der Waals surface area (Å²) in [6.07, 6.45) is 3.83. The first-order valence-corrected chi connectivity index (χ1v) is 8.24. The van der Waals surface area contributed by atoms with Gasteiger partial charge in [0.15, 0.2) is 0 Å². The van der Waals surface area contributed by atoms with E-state index >= 15 is 0 Å². The first kappa shape index (κ1) is 16.3. The third-order valence-electron chi connectivity index (χ3n) is 4.59. The Morgan fingerprint density at radius 1 is 1.10 bits per heavy atom. The summed E-state index contributed by atoms with van der Waals surface area (Å²) in [5.74, 6) is 0.924. The predicted molar refractivity (Wildman–Crippen MR) is 88.9 cm³/mol. The minimum atomic E-state index is 0.395. The zero-order valence-electron chi connectivity index (χ0n) is 13.9. The van der Waals surface area contributed by atoms with Gasteiger partial charge in [-0.1, -0.05) is 12.1 Å². The SMILES string of the molecule is COc1ccc(C(C)NC2CCCN(C(C)C)CC2)cc1. The largest absolute Gasteiger partial charge is 0.497 e. The fourth-order valence-electron chi connectivity index (χ4n) is 3.14. The molecule has 3 nitrogen and oxygen atoms in total. The van der Waals surface area contributed by atoms with E-state index in [2.05, 4.69) is 43.1 Å². The van der Waals surface area contributed by atoms with Crippen LogP contribution in [0.25, 0.3) is 0 Å². The summed E-state index contributed by atoms with van der Waals surface area (Å²) in [6.45, 7) is 9.31. The zero-order chi connectivity index (χ0) is 15.2. The van der Waals surface area contributed by atoms with E-state index in [1.54, 1.807) is 7.11 Å². The van der Waals surface area contributed by atoms with Gasteiger partial charge in [0.1, 0.15) is 5.75 Å². The Bertz CT molecular complexity index is 416. The van der Waals surface area contributed by atoms with Crippen LogP contribution >= 0.6 is 0 Å². The van der Waals surface area contributed by atoms with Crippen LogP contribution in [0.2, 0.25) is 0 Å². The molecule has 1 aromatic rings. The average molecular weight is 290 g/mol. The second-order valence-electron chi connectivity index (χ2n) is 6.42. The minimum absolute atomic E-state index is 0.395. The van der Waals surface area contributed by atoms with E-state index in [4.69, 9.17) is 4.74 Å². The van der Waals surface area contributed by atoms with Gasteiger partial charge in [-0.3, -0.25) is 0 Å². The van der Waals surface area contributed by atoms with Gasteiger partial charge in [-0.05, 0) is 70.8 Å².